The van der Waals surface area contributed by atoms with Crippen LogP contribution in [0.25, 0.3) is 11.0 Å². The van der Waals surface area contributed by atoms with Gasteiger partial charge in [-0.25, -0.2) is 9.37 Å². The smallest absolute Gasteiger partial charge is 0.119 e. The molecule has 2 aliphatic heterocycles. The molecule has 1 unspecified atom stereocenters. The van der Waals surface area contributed by atoms with Crippen LogP contribution in [0.1, 0.15) is 31.5 Å². The van der Waals surface area contributed by atoms with Gasteiger partial charge in [0.05, 0.1) is 11.0 Å². The molecule has 1 aromatic carbocycles. The maximum Gasteiger partial charge on any atom is 0.119 e. The van der Waals surface area contributed by atoms with Crippen molar-refractivity contribution in [3.8, 4) is 0 Å². The van der Waals surface area contributed by atoms with E-state index in [4.69, 9.17) is 4.98 Å². The van der Waals surface area contributed by atoms with E-state index in [1.807, 2.05) is 0 Å². The first kappa shape index (κ1) is 14.7. The third-order valence-electron chi connectivity index (χ3n) is 6.13. The average molecular weight is 328 g/mol. The number of alkyl halides is 1. The summed E-state index contributed by atoms with van der Waals surface area (Å²) in [7, 11) is 0. The maximum atomic E-state index is 13.5. The Morgan fingerprint density at radius 2 is 1.96 bits per heavy atom. The van der Waals surface area contributed by atoms with Gasteiger partial charge >= 0.3 is 0 Å². The summed E-state index contributed by atoms with van der Waals surface area (Å²) in [4.78, 5) is 9.72. The Bertz CT molecular complexity index is 751. The summed E-state index contributed by atoms with van der Waals surface area (Å²) >= 11 is 0. The Morgan fingerprint density at radius 3 is 2.71 bits per heavy atom. The molecule has 1 saturated heterocycles. The highest BCUT2D eigenvalue weighted by Gasteiger charge is 2.27. The molecule has 2 aromatic rings. The van der Waals surface area contributed by atoms with Gasteiger partial charge in [0, 0.05) is 50.9 Å². The lowest BCUT2D eigenvalue weighted by molar-refractivity contribution is 0.130. The molecule has 128 valence electrons. The molecule has 1 saturated carbocycles. The fourth-order valence-corrected chi connectivity index (χ4v) is 4.46. The van der Waals surface area contributed by atoms with Gasteiger partial charge in [0.15, 0.2) is 0 Å². The third kappa shape index (κ3) is 2.41. The van der Waals surface area contributed by atoms with Gasteiger partial charge in [-0.3, -0.25) is 4.90 Å². The Hall–Kier alpha value is -1.62. The number of aromatic nitrogens is 2. The highest BCUT2D eigenvalue weighted by atomic mass is 19.1. The van der Waals surface area contributed by atoms with Crippen molar-refractivity contribution in [2.75, 3.05) is 31.1 Å². The van der Waals surface area contributed by atoms with E-state index in [-0.39, 0.29) is 0 Å². The number of halogens is 1. The van der Waals surface area contributed by atoms with E-state index in [9.17, 15) is 4.39 Å². The molecule has 3 heterocycles. The summed E-state index contributed by atoms with van der Waals surface area (Å²) in [5, 5.41) is 0. The molecular weight excluding hydrogens is 303 g/mol. The first-order valence-corrected chi connectivity index (χ1v) is 9.40. The molecule has 5 rings (SSSR count). The summed E-state index contributed by atoms with van der Waals surface area (Å²) in [5.41, 5.74) is 3.43. The van der Waals surface area contributed by atoms with E-state index >= 15 is 0 Å². The zero-order valence-electron chi connectivity index (χ0n) is 14.1. The van der Waals surface area contributed by atoms with Gasteiger partial charge in [-0.15, -0.1) is 0 Å². The second kappa shape index (κ2) is 5.73. The van der Waals surface area contributed by atoms with Gasteiger partial charge in [0.2, 0.25) is 0 Å². The summed E-state index contributed by atoms with van der Waals surface area (Å²) in [6.45, 7) is 4.65. The fourth-order valence-electron chi connectivity index (χ4n) is 4.46. The number of hydrogen-bond acceptors (Lipinski definition) is 3. The van der Waals surface area contributed by atoms with Crippen LogP contribution in [-0.4, -0.2) is 52.8 Å². The lowest BCUT2D eigenvalue weighted by Crippen LogP contribution is -2.41. The normalized spacial score (nSPS) is 25.7. The first-order valence-electron chi connectivity index (χ1n) is 9.40. The summed E-state index contributed by atoms with van der Waals surface area (Å²) < 4.78 is 15.9. The molecule has 0 N–H and O–H groups in total. The number of hydrogen-bond donors (Lipinski definition) is 0. The third-order valence-corrected chi connectivity index (χ3v) is 6.13. The number of rotatable bonds is 2. The van der Waals surface area contributed by atoms with Gasteiger partial charge in [-0.05, 0) is 37.5 Å². The predicted octanol–water partition coefficient (Wildman–Crippen LogP) is 3.00. The summed E-state index contributed by atoms with van der Waals surface area (Å²) in [5.74, 6) is 1.22. The highest BCUT2D eigenvalue weighted by Crippen LogP contribution is 2.29. The quantitative estimate of drug-likeness (QED) is 0.847. The number of benzene rings is 1. The van der Waals surface area contributed by atoms with Gasteiger partial charge < -0.3 is 9.47 Å². The lowest BCUT2D eigenvalue weighted by Gasteiger charge is -2.36. The SMILES string of the molecule is FC1CCN(c2ccc3c(c2)nc2n3CCN(C3CCC3)CC2)C1. The van der Waals surface area contributed by atoms with Gasteiger partial charge in [0.25, 0.3) is 0 Å². The van der Waals surface area contributed by atoms with Crippen molar-refractivity contribution in [2.45, 2.75) is 50.9 Å². The maximum absolute atomic E-state index is 13.5. The topological polar surface area (TPSA) is 24.3 Å². The fraction of sp³-hybridized carbons (Fsp3) is 0.632. The Labute approximate surface area is 142 Å². The lowest BCUT2D eigenvalue weighted by atomic mass is 9.91. The predicted molar refractivity (Wildman–Crippen MR) is 94.4 cm³/mol. The molecule has 2 fully saturated rings. The number of fused-ring (bicyclic) bond motifs is 3. The Morgan fingerprint density at radius 1 is 1.04 bits per heavy atom. The van der Waals surface area contributed by atoms with Crippen molar-refractivity contribution in [3.05, 3.63) is 24.0 Å². The zero-order chi connectivity index (χ0) is 16.1. The van der Waals surface area contributed by atoms with Crippen molar-refractivity contribution in [1.82, 2.24) is 14.5 Å². The van der Waals surface area contributed by atoms with E-state index in [1.165, 1.54) is 30.6 Å². The number of nitrogens with zero attached hydrogens (tertiary/aromatic N) is 4. The van der Waals surface area contributed by atoms with Crippen molar-refractivity contribution < 1.29 is 4.39 Å². The largest absolute Gasteiger partial charge is 0.368 e. The molecule has 24 heavy (non-hydrogen) atoms. The van der Waals surface area contributed by atoms with E-state index in [1.54, 1.807) is 0 Å². The van der Waals surface area contributed by atoms with E-state index in [0.29, 0.717) is 13.0 Å². The molecule has 1 atom stereocenters. The van der Waals surface area contributed by atoms with Gasteiger partial charge in [-0.1, -0.05) is 6.42 Å². The van der Waals surface area contributed by atoms with E-state index < -0.39 is 6.17 Å². The molecule has 0 amide bonds. The first-order chi connectivity index (χ1) is 11.8. The molecule has 4 nitrogen and oxygen atoms in total. The zero-order valence-corrected chi connectivity index (χ0v) is 14.1. The molecular formula is C19H25FN4. The molecule has 5 heteroatoms. The average Bonchev–Trinajstić information content (AvgIpc) is 3.05. The minimum absolute atomic E-state index is 0.523. The van der Waals surface area contributed by atoms with Gasteiger partial charge in [0.1, 0.15) is 12.0 Å². The second-order valence-electron chi connectivity index (χ2n) is 7.56. The minimum Gasteiger partial charge on any atom is -0.368 e. The molecule has 0 radical (unpaired) electrons. The highest BCUT2D eigenvalue weighted by molar-refractivity contribution is 5.80. The molecule has 1 aliphatic carbocycles. The van der Waals surface area contributed by atoms with Gasteiger partial charge in [-0.2, -0.15) is 0 Å². The molecule has 1 aromatic heterocycles. The van der Waals surface area contributed by atoms with E-state index in [0.717, 1.165) is 49.8 Å². The Balaban J connectivity index is 1.41. The van der Waals surface area contributed by atoms with Crippen LogP contribution in [0.3, 0.4) is 0 Å². The summed E-state index contributed by atoms with van der Waals surface area (Å²) in [6.07, 6.45) is 5.14. The standard InChI is InChI=1S/C19H25FN4/c20-14-6-8-23(13-14)16-4-5-18-17(12-16)21-19-7-9-22(10-11-24(18)19)15-2-1-3-15/h4-5,12,14-15H,1-3,6-11,13H2. The van der Waals surface area contributed by atoms with Crippen LogP contribution in [0.4, 0.5) is 10.1 Å². The number of imidazole rings is 1. The van der Waals surface area contributed by atoms with Crippen molar-refractivity contribution >= 4 is 16.7 Å². The van der Waals surface area contributed by atoms with Crippen molar-refractivity contribution in [1.29, 1.82) is 0 Å². The molecule has 3 aliphatic rings. The van der Waals surface area contributed by atoms with Crippen LogP contribution in [0.2, 0.25) is 0 Å². The summed E-state index contributed by atoms with van der Waals surface area (Å²) in [6, 6.07) is 7.30. The second-order valence-corrected chi connectivity index (χ2v) is 7.56. The minimum atomic E-state index is -0.683. The van der Waals surface area contributed by atoms with Crippen LogP contribution in [0, 0.1) is 0 Å². The van der Waals surface area contributed by atoms with E-state index in [2.05, 4.69) is 32.6 Å². The monoisotopic (exact) mass is 328 g/mol. The van der Waals surface area contributed by atoms with Crippen molar-refractivity contribution in [3.63, 3.8) is 0 Å². The number of anilines is 1. The van der Waals surface area contributed by atoms with Crippen LogP contribution in [0.5, 0.6) is 0 Å². The van der Waals surface area contributed by atoms with Crippen LogP contribution >= 0.6 is 0 Å². The van der Waals surface area contributed by atoms with Crippen molar-refractivity contribution in [2.24, 2.45) is 0 Å². The Kier molecular flexibility index (Phi) is 3.51. The van der Waals surface area contributed by atoms with Crippen LogP contribution in [0.15, 0.2) is 18.2 Å². The molecule has 0 spiro atoms. The van der Waals surface area contributed by atoms with Crippen LogP contribution < -0.4 is 4.90 Å². The molecule has 0 bridgehead atoms. The van der Waals surface area contributed by atoms with Crippen LogP contribution in [-0.2, 0) is 13.0 Å².